The summed E-state index contributed by atoms with van der Waals surface area (Å²) in [5.74, 6) is -2.46. The molecule has 0 aromatic carbocycles. The van der Waals surface area contributed by atoms with Crippen molar-refractivity contribution < 1.29 is 24.2 Å². The van der Waals surface area contributed by atoms with Crippen LogP contribution in [0.5, 0.6) is 0 Å². The summed E-state index contributed by atoms with van der Waals surface area (Å²) in [5, 5.41) is 8.73. The summed E-state index contributed by atoms with van der Waals surface area (Å²) in [4.78, 5) is 32.2. The normalized spacial score (nSPS) is 11.6. The Labute approximate surface area is 104 Å². The fourth-order valence-electron chi connectivity index (χ4n) is 0.915. The molecule has 0 saturated heterocycles. The molecule has 0 bridgehead atoms. The highest BCUT2D eigenvalue weighted by atomic mass is 16.5. The van der Waals surface area contributed by atoms with Crippen LogP contribution in [0.2, 0.25) is 0 Å². The molecule has 102 valence electrons. The van der Waals surface area contributed by atoms with Crippen LogP contribution in [-0.2, 0) is 19.1 Å². The molecule has 0 unspecified atom stereocenters. The second-order valence-electron chi connectivity index (χ2n) is 3.55. The first kappa shape index (κ1) is 16.1. The maximum atomic E-state index is 11.0. The average molecular weight is 259 g/mol. The third-order valence-electron chi connectivity index (χ3n) is 1.79. The third kappa shape index (κ3) is 7.36. The van der Waals surface area contributed by atoms with Gasteiger partial charge in [0.15, 0.2) is 0 Å². The molecule has 0 aliphatic carbocycles. The minimum absolute atomic E-state index is 0.0433. The van der Waals surface area contributed by atoms with E-state index < -0.39 is 23.9 Å². The van der Waals surface area contributed by atoms with Crippen LogP contribution in [0.15, 0.2) is 12.2 Å². The first-order valence-corrected chi connectivity index (χ1v) is 5.16. The second-order valence-corrected chi connectivity index (χ2v) is 3.55. The van der Waals surface area contributed by atoms with Crippen molar-refractivity contribution in [3.05, 3.63) is 12.2 Å². The standard InChI is InChI=1S/C10H17N3O5/c1-6(2)10(17)18-4-3-12-13-7(9(15)16)5-8(11)14/h7,12-13H,1,3-5H2,2H3,(H2,11,14)(H,15,16)/t7-/m0/s1. The SMILES string of the molecule is C=C(C)C(=O)OCCNN[C@@H](CC(N)=O)C(=O)O. The van der Waals surface area contributed by atoms with E-state index in [2.05, 4.69) is 17.4 Å². The van der Waals surface area contributed by atoms with Crippen LogP contribution in [-0.4, -0.2) is 42.1 Å². The highest BCUT2D eigenvalue weighted by molar-refractivity contribution is 5.86. The summed E-state index contributed by atoms with van der Waals surface area (Å²) in [5.41, 5.74) is 10.1. The average Bonchev–Trinajstić information content (AvgIpc) is 2.25. The van der Waals surface area contributed by atoms with Gasteiger partial charge in [-0.3, -0.25) is 15.0 Å². The van der Waals surface area contributed by atoms with Crippen LogP contribution in [0.4, 0.5) is 0 Å². The lowest BCUT2D eigenvalue weighted by atomic mass is 10.2. The van der Waals surface area contributed by atoms with Crippen LogP contribution in [0.3, 0.4) is 0 Å². The molecule has 5 N–H and O–H groups in total. The minimum atomic E-state index is -1.21. The molecule has 0 saturated carbocycles. The van der Waals surface area contributed by atoms with Crippen molar-refractivity contribution in [1.29, 1.82) is 0 Å². The van der Waals surface area contributed by atoms with Crippen LogP contribution in [0, 0.1) is 0 Å². The van der Waals surface area contributed by atoms with Gasteiger partial charge >= 0.3 is 11.9 Å². The molecular weight excluding hydrogens is 242 g/mol. The zero-order valence-electron chi connectivity index (χ0n) is 10.1. The number of amides is 1. The van der Waals surface area contributed by atoms with Gasteiger partial charge in [-0.25, -0.2) is 10.2 Å². The van der Waals surface area contributed by atoms with Gasteiger partial charge < -0.3 is 15.6 Å². The second kappa shape index (κ2) is 8.20. The van der Waals surface area contributed by atoms with Crippen LogP contribution < -0.4 is 16.6 Å². The summed E-state index contributed by atoms with van der Waals surface area (Å²) in [6.45, 7) is 5.14. The smallest absolute Gasteiger partial charge is 0.333 e. The Morgan fingerprint density at radius 2 is 2.06 bits per heavy atom. The summed E-state index contributed by atoms with van der Waals surface area (Å²) in [7, 11) is 0. The molecule has 0 fully saturated rings. The number of nitrogens with one attached hydrogen (secondary N) is 2. The quantitative estimate of drug-likeness (QED) is 0.172. The predicted octanol–water partition coefficient (Wildman–Crippen LogP) is -1.47. The summed E-state index contributed by atoms with van der Waals surface area (Å²) in [6, 6.07) is -1.13. The monoisotopic (exact) mass is 259 g/mol. The molecule has 0 rings (SSSR count). The van der Waals surface area contributed by atoms with E-state index in [4.69, 9.17) is 15.6 Å². The highest BCUT2D eigenvalue weighted by Gasteiger charge is 2.18. The van der Waals surface area contributed by atoms with E-state index >= 15 is 0 Å². The lowest BCUT2D eigenvalue weighted by Gasteiger charge is -2.13. The van der Waals surface area contributed by atoms with E-state index in [0.717, 1.165) is 0 Å². The fourth-order valence-corrected chi connectivity index (χ4v) is 0.915. The number of carbonyl (C=O) groups is 3. The lowest BCUT2D eigenvalue weighted by Crippen LogP contribution is -2.48. The Balaban J connectivity index is 3.80. The molecule has 0 aromatic rings. The lowest BCUT2D eigenvalue weighted by molar-refractivity contribution is -0.142. The fraction of sp³-hybridized carbons (Fsp3) is 0.500. The number of ether oxygens (including phenoxy) is 1. The van der Waals surface area contributed by atoms with Crippen molar-refractivity contribution in [3.8, 4) is 0 Å². The topological polar surface area (TPSA) is 131 Å². The van der Waals surface area contributed by atoms with Gasteiger partial charge in [0, 0.05) is 12.1 Å². The van der Waals surface area contributed by atoms with E-state index in [1.807, 2.05) is 0 Å². The van der Waals surface area contributed by atoms with Crippen molar-refractivity contribution in [3.63, 3.8) is 0 Å². The van der Waals surface area contributed by atoms with Gasteiger partial charge in [-0.1, -0.05) is 6.58 Å². The Hall–Kier alpha value is -1.93. The zero-order valence-corrected chi connectivity index (χ0v) is 10.1. The number of carbonyl (C=O) groups excluding carboxylic acids is 2. The van der Waals surface area contributed by atoms with E-state index in [-0.39, 0.29) is 25.1 Å². The third-order valence-corrected chi connectivity index (χ3v) is 1.79. The number of hydrazine groups is 1. The number of hydrogen-bond acceptors (Lipinski definition) is 6. The van der Waals surface area contributed by atoms with Gasteiger partial charge in [-0.2, -0.15) is 0 Å². The number of hydrogen-bond donors (Lipinski definition) is 4. The van der Waals surface area contributed by atoms with Crippen LogP contribution >= 0.6 is 0 Å². The number of nitrogens with two attached hydrogens (primary N) is 1. The number of primary amides is 1. The van der Waals surface area contributed by atoms with E-state index in [1.165, 1.54) is 6.92 Å². The molecule has 1 atom stereocenters. The number of esters is 1. The molecule has 1 amide bonds. The number of aliphatic carboxylic acids is 1. The van der Waals surface area contributed by atoms with Gasteiger partial charge in [0.1, 0.15) is 12.6 Å². The maximum Gasteiger partial charge on any atom is 0.333 e. The largest absolute Gasteiger partial charge is 0.480 e. The number of carboxylic acids is 1. The Bertz CT molecular complexity index is 342. The first-order chi connectivity index (χ1) is 8.34. The van der Waals surface area contributed by atoms with Gasteiger partial charge in [0.2, 0.25) is 5.91 Å². The van der Waals surface area contributed by atoms with E-state index in [0.29, 0.717) is 0 Å². The summed E-state index contributed by atoms with van der Waals surface area (Å²) >= 11 is 0. The molecule has 0 spiro atoms. The van der Waals surface area contributed by atoms with E-state index in [9.17, 15) is 14.4 Å². The minimum Gasteiger partial charge on any atom is -0.480 e. The van der Waals surface area contributed by atoms with Crippen molar-refractivity contribution >= 4 is 17.8 Å². The molecule has 0 aliphatic rings. The molecule has 8 heteroatoms. The maximum absolute atomic E-state index is 11.0. The van der Waals surface area contributed by atoms with Gasteiger partial charge in [-0.15, -0.1) is 0 Å². The molecule has 0 radical (unpaired) electrons. The summed E-state index contributed by atoms with van der Waals surface area (Å²) < 4.78 is 4.75. The molecule has 0 aliphatic heterocycles. The van der Waals surface area contributed by atoms with Crippen LogP contribution in [0.1, 0.15) is 13.3 Å². The predicted molar refractivity (Wildman–Crippen MR) is 62.1 cm³/mol. The molecular formula is C10H17N3O5. The molecule has 8 nitrogen and oxygen atoms in total. The van der Waals surface area contributed by atoms with Crippen molar-refractivity contribution in [2.75, 3.05) is 13.2 Å². The van der Waals surface area contributed by atoms with Crippen molar-refractivity contribution in [2.24, 2.45) is 5.73 Å². The number of carboxylic acid groups (broad SMARTS) is 1. The highest BCUT2D eigenvalue weighted by Crippen LogP contribution is 1.91. The van der Waals surface area contributed by atoms with Crippen molar-refractivity contribution in [1.82, 2.24) is 10.9 Å². The zero-order chi connectivity index (χ0) is 14.1. The first-order valence-electron chi connectivity index (χ1n) is 5.16. The van der Waals surface area contributed by atoms with Crippen molar-refractivity contribution in [2.45, 2.75) is 19.4 Å². The number of rotatable bonds is 9. The Kier molecular flexibility index (Phi) is 7.32. The van der Waals surface area contributed by atoms with Gasteiger partial charge in [0.25, 0.3) is 0 Å². The van der Waals surface area contributed by atoms with E-state index in [1.54, 1.807) is 0 Å². The Morgan fingerprint density at radius 3 is 2.50 bits per heavy atom. The molecule has 0 aromatic heterocycles. The summed E-state index contributed by atoms with van der Waals surface area (Å²) in [6.07, 6.45) is -0.339. The van der Waals surface area contributed by atoms with Gasteiger partial charge in [-0.05, 0) is 6.92 Å². The van der Waals surface area contributed by atoms with Gasteiger partial charge in [0.05, 0.1) is 6.42 Å². The molecule has 18 heavy (non-hydrogen) atoms. The van der Waals surface area contributed by atoms with Crippen LogP contribution in [0.25, 0.3) is 0 Å². The molecule has 0 heterocycles. The Morgan fingerprint density at radius 1 is 1.44 bits per heavy atom.